The second-order valence-electron chi connectivity index (χ2n) is 4.77. The first kappa shape index (κ1) is 18.0. The van der Waals surface area contributed by atoms with Crippen molar-refractivity contribution >= 4 is 28.0 Å². The maximum Gasteiger partial charge on any atom is 0.199 e. The van der Waals surface area contributed by atoms with E-state index in [1.165, 1.54) is 25.7 Å². The van der Waals surface area contributed by atoms with Crippen LogP contribution in [0.3, 0.4) is 0 Å². The minimum Gasteiger partial charge on any atom is -0.341 e. The van der Waals surface area contributed by atoms with Gasteiger partial charge in [-0.15, -0.1) is 10.1 Å². The van der Waals surface area contributed by atoms with E-state index in [4.69, 9.17) is 0 Å². The van der Waals surface area contributed by atoms with Crippen molar-refractivity contribution in [1.29, 1.82) is 0 Å². The van der Waals surface area contributed by atoms with Crippen LogP contribution in [0.25, 0.3) is 0 Å². The molecule has 0 rings (SSSR count). The Kier molecular flexibility index (Phi) is 9.59. The van der Waals surface area contributed by atoms with E-state index in [9.17, 15) is 9.79 Å². The summed E-state index contributed by atoms with van der Waals surface area (Å²) in [7, 11) is -0.348. The predicted molar refractivity (Wildman–Crippen MR) is 85.7 cm³/mol. The lowest BCUT2D eigenvalue weighted by Crippen LogP contribution is -2.22. The maximum absolute atomic E-state index is 9.96. The van der Waals surface area contributed by atoms with Gasteiger partial charge in [-0.2, -0.15) is 0 Å². The summed E-state index contributed by atoms with van der Waals surface area (Å²) >= 11 is 4.11. The van der Waals surface area contributed by atoms with E-state index in [1.54, 1.807) is 0 Å². The third kappa shape index (κ3) is 7.27. The van der Waals surface area contributed by atoms with Gasteiger partial charge in [0.05, 0.1) is 0 Å². The Bertz CT molecular complexity index is 239. The normalized spacial score (nSPS) is 17.8. The van der Waals surface area contributed by atoms with E-state index >= 15 is 0 Å². The topological polar surface area (TPSA) is 40.5 Å². The summed E-state index contributed by atoms with van der Waals surface area (Å²) in [4.78, 5) is 19.9. The predicted octanol–water partition coefficient (Wildman–Crippen LogP) is 4.35. The third-order valence-corrected chi connectivity index (χ3v) is 11.3. The average Bonchev–Trinajstić information content (AvgIpc) is 2.21. The van der Waals surface area contributed by atoms with Crippen molar-refractivity contribution in [3.63, 3.8) is 0 Å². The van der Waals surface area contributed by atoms with Gasteiger partial charge in [0.15, 0.2) is 5.69 Å². The largest absolute Gasteiger partial charge is 0.341 e. The van der Waals surface area contributed by atoms with Crippen LogP contribution in [-0.2, 0) is 10.1 Å². The van der Waals surface area contributed by atoms with Gasteiger partial charge in [0, 0.05) is 10.5 Å². The van der Waals surface area contributed by atoms with Crippen LogP contribution < -0.4 is 0 Å². The van der Waals surface area contributed by atoms with Gasteiger partial charge in [-0.3, -0.25) is 0 Å². The van der Waals surface area contributed by atoms with Gasteiger partial charge in [0.1, 0.15) is 0 Å². The fourth-order valence-corrected chi connectivity index (χ4v) is 11.1. The molecule has 0 fully saturated rings. The highest BCUT2D eigenvalue weighted by molar-refractivity contribution is 8.66. The molecule has 2 unspecified atom stereocenters. The van der Waals surface area contributed by atoms with Crippen LogP contribution in [0.2, 0.25) is 0 Å². The molecule has 2 N–H and O–H groups in total. The second-order valence-corrected chi connectivity index (χ2v) is 13.4. The fourth-order valence-electron chi connectivity index (χ4n) is 2.10. The smallest absolute Gasteiger partial charge is 0.199 e. The third-order valence-electron chi connectivity index (χ3n) is 3.04. The lowest BCUT2D eigenvalue weighted by molar-refractivity contribution is 0.501. The molecule has 0 aromatic carbocycles. The van der Waals surface area contributed by atoms with Gasteiger partial charge in [-0.25, -0.2) is 0 Å². The van der Waals surface area contributed by atoms with Crippen molar-refractivity contribution in [2.45, 2.75) is 76.7 Å². The molecule has 0 heterocycles. The summed E-state index contributed by atoms with van der Waals surface area (Å²) in [6, 6.07) is 0. The SMILES string of the molecule is CCCCC(C)S(C(C)CCCC)=P(O)(O)S. The molecule has 0 saturated heterocycles. The molecule has 0 aromatic rings. The molecule has 0 spiro atoms. The van der Waals surface area contributed by atoms with Crippen LogP contribution in [0.5, 0.6) is 0 Å². The Labute approximate surface area is 114 Å². The standard InChI is InChI=1S/C12H29O2PS2/c1-5-7-9-11(3)17(15(13,14)16)12(4)10-8-6-2/h11-14,16H,5-10H2,1-4H3. The average molecular weight is 300 g/mol. The van der Waals surface area contributed by atoms with Crippen LogP contribution >= 0.6 is 17.9 Å². The van der Waals surface area contributed by atoms with Crippen molar-refractivity contribution in [2.75, 3.05) is 0 Å². The minimum atomic E-state index is -3.00. The molecule has 106 valence electrons. The Morgan fingerprint density at radius 2 is 1.35 bits per heavy atom. The first-order valence-electron chi connectivity index (χ1n) is 6.64. The molecule has 2 nitrogen and oxygen atoms in total. The zero-order chi connectivity index (χ0) is 13.5. The number of hydrogen-bond acceptors (Lipinski definition) is 0. The molecule has 0 saturated carbocycles. The summed E-state index contributed by atoms with van der Waals surface area (Å²) < 4.78 is 0. The van der Waals surface area contributed by atoms with Gasteiger partial charge in [-0.05, 0) is 12.8 Å². The highest BCUT2D eigenvalue weighted by Gasteiger charge is 2.22. The molecule has 5 heteroatoms. The van der Waals surface area contributed by atoms with Crippen LogP contribution in [0, 0.1) is 0 Å². The zero-order valence-corrected chi connectivity index (χ0v) is 14.2. The summed E-state index contributed by atoms with van der Waals surface area (Å²) in [5.41, 5.74) is -3.00. The molecule has 0 radical (unpaired) electrons. The highest BCUT2D eigenvalue weighted by atomic mass is 32.9. The van der Waals surface area contributed by atoms with Crippen molar-refractivity contribution in [1.82, 2.24) is 0 Å². The van der Waals surface area contributed by atoms with E-state index in [0.717, 1.165) is 12.8 Å². The first-order valence-corrected chi connectivity index (χ1v) is 11.4. The molecule has 0 aromatic heterocycles. The van der Waals surface area contributed by atoms with Crippen molar-refractivity contribution < 1.29 is 9.79 Å². The number of hydrogen-bond donors (Lipinski definition) is 3. The molecule has 0 aliphatic carbocycles. The summed E-state index contributed by atoms with van der Waals surface area (Å²) in [5, 5.41) is 0.755. The van der Waals surface area contributed by atoms with Crippen LogP contribution in [0.1, 0.15) is 66.2 Å². The van der Waals surface area contributed by atoms with Crippen LogP contribution in [0.4, 0.5) is 0 Å². The molecule has 17 heavy (non-hydrogen) atoms. The molecule has 0 aliphatic rings. The fraction of sp³-hybridized carbons (Fsp3) is 1.00. The van der Waals surface area contributed by atoms with Crippen molar-refractivity contribution in [3.05, 3.63) is 0 Å². The summed E-state index contributed by atoms with van der Waals surface area (Å²) in [6.07, 6.45) is 6.83. The molecule has 0 amide bonds. The second kappa shape index (κ2) is 9.03. The number of unbranched alkanes of at least 4 members (excludes halogenated alkanes) is 2. The van der Waals surface area contributed by atoms with Crippen LogP contribution in [0.15, 0.2) is 0 Å². The Morgan fingerprint density at radius 3 is 1.59 bits per heavy atom. The van der Waals surface area contributed by atoms with Gasteiger partial charge >= 0.3 is 0 Å². The molecule has 0 aliphatic heterocycles. The van der Waals surface area contributed by atoms with Gasteiger partial charge in [-0.1, -0.05) is 65.6 Å². The van der Waals surface area contributed by atoms with E-state index < -0.39 is 5.69 Å². The monoisotopic (exact) mass is 300 g/mol. The quantitative estimate of drug-likeness (QED) is 0.460. The minimum absolute atomic E-state index is 0.348. The zero-order valence-electron chi connectivity index (χ0n) is 11.6. The maximum atomic E-state index is 9.96. The van der Waals surface area contributed by atoms with Gasteiger partial charge in [0.2, 0.25) is 0 Å². The molecular formula is C12H29O2PS2. The summed E-state index contributed by atoms with van der Waals surface area (Å²) in [5.74, 6) is 0. The number of rotatable bonds is 8. The van der Waals surface area contributed by atoms with Crippen LogP contribution in [-0.4, -0.2) is 20.3 Å². The van der Waals surface area contributed by atoms with E-state index in [2.05, 4.69) is 39.9 Å². The van der Waals surface area contributed by atoms with Gasteiger partial charge < -0.3 is 9.79 Å². The van der Waals surface area contributed by atoms with Crippen molar-refractivity contribution in [2.24, 2.45) is 0 Å². The Hall–Kier alpha value is 1.05. The highest BCUT2D eigenvalue weighted by Crippen LogP contribution is 2.50. The van der Waals surface area contributed by atoms with Crippen molar-refractivity contribution in [3.8, 4) is 0 Å². The molecule has 2 atom stereocenters. The molecular weight excluding hydrogens is 271 g/mol. The van der Waals surface area contributed by atoms with E-state index in [-0.39, 0.29) is 10.1 Å². The summed E-state index contributed by atoms with van der Waals surface area (Å²) in [6.45, 7) is 8.65. The lowest BCUT2D eigenvalue weighted by atomic mass is 10.2. The Balaban J connectivity index is 4.79. The Morgan fingerprint density at radius 1 is 1.00 bits per heavy atom. The van der Waals surface area contributed by atoms with E-state index in [1.807, 2.05) is 0 Å². The number of thiol groups is 1. The molecule has 0 bridgehead atoms. The lowest BCUT2D eigenvalue weighted by Gasteiger charge is -2.28. The van der Waals surface area contributed by atoms with Gasteiger partial charge in [0.25, 0.3) is 0 Å². The van der Waals surface area contributed by atoms with E-state index in [0.29, 0.717) is 10.5 Å². The first-order chi connectivity index (χ1) is 7.84.